The molecule has 0 aliphatic heterocycles. The van der Waals surface area contributed by atoms with Gasteiger partial charge in [0.15, 0.2) is 0 Å². The standard InChI is InChI=1S/C12H20N8O/c1-9(6-21)4-3-5-15-11-17-10(13-2)18-12(19-11)20-8-14-7-16-20/h7-9,21H,3-6H2,1-2H3,(H2,13,15,17,18,19). The van der Waals surface area contributed by atoms with E-state index in [1.54, 1.807) is 7.05 Å². The van der Waals surface area contributed by atoms with Crippen LogP contribution in [0.1, 0.15) is 19.8 Å². The smallest absolute Gasteiger partial charge is 0.258 e. The summed E-state index contributed by atoms with van der Waals surface area (Å²) in [7, 11) is 1.74. The fourth-order valence-electron chi connectivity index (χ4n) is 1.71. The molecule has 0 saturated heterocycles. The first kappa shape index (κ1) is 15.1. The van der Waals surface area contributed by atoms with E-state index in [-0.39, 0.29) is 6.61 Å². The molecular weight excluding hydrogens is 272 g/mol. The molecule has 0 amide bonds. The van der Waals surface area contributed by atoms with Gasteiger partial charge in [0.2, 0.25) is 11.9 Å². The van der Waals surface area contributed by atoms with Gasteiger partial charge >= 0.3 is 0 Å². The van der Waals surface area contributed by atoms with Crippen molar-refractivity contribution in [2.45, 2.75) is 19.8 Å². The van der Waals surface area contributed by atoms with Crippen LogP contribution < -0.4 is 10.6 Å². The minimum atomic E-state index is 0.214. The Kier molecular flexibility index (Phi) is 5.38. The fraction of sp³-hybridized carbons (Fsp3) is 0.583. The van der Waals surface area contributed by atoms with Crippen LogP contribution in [0.15, 0.2) is 12.7 Å². The van der Waals surface area contributed by atoms with Crippen molar-refractivity contribution in [3.63, 3.8) is 0 Å². The average molecular weight is 292 g/mol. The first-order valence-electron chi connectivity index (χ1n) is 6.86. The Bertz CT molecular complexity index is 544. The number of anilines is 2. The second-order valence-corrected chi connectivity index (χ2v) is 4.73. The molecule has 2 heterocycles. The fourth-order valence-corrected chi connectivity index (χ4v) is 1.71. The van der Waals surface area contributed by atoms with Gasteiger partial charge in [0, 0.05) is 20.2 Å². The number of hydrogen-bond acceptors (Lipinski definition) is 8. The molecule has 1 unspecified atom stereocenters. The molecule has 0 bridgehead atoms. The Balaban J connectivity index is 2.00. The van der Waals surface area contributed by atoms with Crippen LogP contribution in [0.5, 0.6) is 0 Å². The van der Waals surface area contributed by atoms with Crippen molar-refractivity contribution in [2.24, 2.45) is 5.92 Å². The van der Waals surface area contributed by atoms with Crippen LogP contribution in [0, 0.1) is 5.92 Å². The topological polar surface area (TPSA) is 114 Å². The van der Waals surface area contributed by atoms with Crippen LogP contribution in [0.3, 0.4) is 0 Å². The predicted octanol–water partition coefficient (Wildman–Crippen LogP) is 0.314. The van der Waals surface area contributed by atoms with Crippen molar-refractivity contribution in [3.05, 3.63) is 12.7 Å². The first-order valence-corrected chi connectivity index (χ1v) is 6.86. The maximum Gasteiger partial charge on any atom is 0.258 e. The van der Waals surface area contributed by atoms with Crippen LogP contribution in [-0.4, -0.2) is 55.0 Å². The zero-order valence-corrected chi connectivity index (χ0v) is 12.2. The van der Waals surface area contributed by atoms with Crippen molar-refractivity contribution in [2.75, 3.05) is 30.8 Å². The molecule has 0 spiro atoms. The molecule has 0 aliphatic carbocycles. The van der Waals surface area contributed by atoms with Crippen LogP contribution in [0.25, 0.3) is 5.95 Å². The van der Waals surface area contributed by atoms with Gasteiger partial charge in [-0.3, -0.25) is 0 Å². The molecule has 0 aromatic carbocycles. The summed E-state index contributed by atoms with van der Waals surface area (Å²) in [6.07, 6.45) is 4.83. The number of hydrogen-bond donors (Lipinski definition) is 3. The quantitative estimate of drug-likeness (QED) is 0.596. The summed E-state index contributed by atoms with van der Waals surface area (Å²) in [6.45, 7) is 2.96. The maximum absolute atomic E-state index is 8.98. The second-order valence-electron chi connectivity index (χ2n) is 4.73. The van der Waals surface area contributed by atoms with Gasteiger partial charge in [-0.2, -0.15) is 24.7 Å². The SMILES string of the molecule is CNc1nc(NCCCC(C)CO)nc(-n2cncn2)n1. The molecule has 1 atom stereocenters. The summed E-state index contributed by atoms with van der Waals surface area (Å²) in [5.74, 6) is 1.65. The van der Waals surface area contributed by atoms with Gasteiger partial charge in [0.05, 0.1) is 0 Å². The number of aliphatic hydroxyl groups is 1. The first-order chi connectivity index (χ1) is 10.2. The summed E-state index contributed by atoms with van der Waals surface area (Å²) >= 11 is 0. The Labute approximate surface area is 122 Å². The van der Waals surface area contributed by atoms with E-state index in [1.165, 1.54) is 17.3 Å². The number of nitrogens with zero attached hydrogens (tertiary/aromatic N) is 6. The number of rotatable bonds is 8. The third-order valence-corrected chi connectivity index (χ3v) is 2.94. The lowest BCUT2D eigenvalue weighted by atomic mass is 10.1. The van der Waals surface area contributed by atoms with Gasteiger partial charge in [-0.1, -0.05) is 6.92 Å². The second kappa shape index (κ2) is 7.48. The third kappa shape index (κ3) is 4.35. The van der Waals surface area contributed by atoms with E-state index in [2.05, 4.69) is 35.7 Å². The monoisotopic (exact) mass is 292 g/mol. The molecule has 9 nitrogen and oxygen atoms in total. The summed E-state index contributed by atoms with van der Waals surface area (Å²) in [5.41, 5.74) is 0. The Morgan fingerprint density at radius 3 is 2.76 bits per heavy atom. The van der Waals surface area contributed by atoms with Crippen molar-refractivity contribution < 1.29 is 5.11 Å². The normalized spacial score (nSPS) is 12.1. The highest BCUT2D eigenvalue weighted by atomic mass is 16.3. The lowest BCUT2D eigenvalue weighted by molar-refractivity contribution is 0.229. The molecule has 2 aromatic rings. The Morgan fingerprint density at radius 2 is 2.10 bits per heavy atom. The molecule has 9 heteroatoms. The number of aliphatic hydroxyl groups excluding tert-OH is 1. The highest BCUT2D eigenvalue weighted by Gasteiger charge is 2.08. The Hall–Kier alpha value is -2.29. The zero-order valence-electron chi connectivity index (χ0n) is 12.2. The van der Waals surface area contributed by atoms with Gasteiger partial charge in [-0.15, -0.1) is 0 Å². The summed E-state index contributed by atoms with van der Waals surface area (Å²) in [5, 5.41) is 19.0. The highest BCUT2D eigenvalue weighted by molar-refractivity contribution is 5.37. The van der Waals surface area contributed by atoms with E-state index >= 15 is 0 Å². The molecule has 0 aliphatic rings. The number of aromatic nitrogens is 6. The van der Waals surface area contributed by atoms with Crippen molar-refractivity contribution >= 4 is 11.9 Å². The molecule has 0 fully saturated rings. The zero-order chi connectivity index (χ0) is 15.1. The molecule has 0 saturated carbocycles. The van der Waals surface area contributed by atoms with Gasteiger partial charge in [-0.25, -0.2) is 4.98 Å². The van der Waals surface area contributed by atoms with Crippen LogP contribution in [0.4, 0.5) is 11.9 Å². The van der Waals surface area contributed by atoms with Crippen molar-refractivity contribution in [1.82, 2.24) is 29.7 Å². The summed E-state index contributed by atoms with van der Waals surface area (Å²) in [4.78, 5) is 16.6. The lowest BCUT2D eigenvalue weighted by Crippen LogP contribution is -2.13. The van der Waals surface area contributed by atoms with Gasteiger partial charge < -0.3 is 15.7 Å². The molecule has 21 heavy (non-hydrogen) atoms. The van der Waals surface area contributed by atoms with E-state index in [0.29, 0.717) is 23.8 Å². The molecule has 2 aromatic heterocycles. The van der Waals surface area contributed by atoms with E-state index in [9.17, 15) is 0 Å². The van der Waals surface area contributed by atoms with Crippen molar-refractivity contribution in [1.29, 1.82) is 0 Å². The van der Waals surface area contributed by atoms with Gasteiger partial charge in [0.25, 0.3) is 5.95 Å². The van der Waals surface area contributed by atoms with Crippen LogP contribution in [-0.2, 0) is 0 Å². The minimum absolute atomic E-state index is 0.214. The van der Waals surface area contributed by atoms with E-state index < -0.39 is 0 Å². The predicted molar refractivity (Wildman–Crippen MR) is 78.3 cm³/mol. The third-order valence-electron chi connectivity index (χ3n) is 2.94. The molecule has 0 radical (unpaired) electrons. The molecule has 114 valence electrons. The maximum atomic E-state index is 8.98. The van der Waals surface area contributed by atoms with Crippen molar-refractivity contribution in [3.8, 4) is 5.95 Å². The van der Waals surface area contributed by atoms with Crippen LogP contribution in [0.2, 0.25) is 0 Å². The van der Waals surface area contributed by atoms with E-state index in [1.807, 2.05) is 6.92 Å². The Morgan fingerprint density at radius 1 is 1.29 bits per heavy atom. The van der Waals surface area contributed by atoms with E-state index in [0.717, 1.165) is 19.4 Å². The molecule has 2 rings (SSSR count). The van der Waals surface area contributed by atoms with E-state index in [4.69, 9.17) is 5.11 Å². The summed E-state index contributed by atoms with van der Waals surface area (Å²) in [6, 6.07) is 0. The lowest BCUT2D eigenvalue weighted by Gasteiger charge is -2.10. The molecule has 3 N–H and O–H groups in total. The molecular formula is C12H20N8O. The van der Waals surface area contributed by atoms with Crippen LogP contribution >= 0.6 is 0 Å². The minimum Gasteiger partial charge on any atom is -0.396 e. The summed E-state index contributed by atoms with van der Waals surface area (Å²) < 4.78 is 1.47. The van der Waals surface area contributed by atoms with Gasteiger partial charge in [-0.05, 0) is 18.8 Å². The van der Waals surface area contributed by atoms with Gasteiger partial charge in [0.1, 0.15) is 12.7 Å². The average Bonchev–Trinajstić information content (AvgIpc) is 3.05. The number of nitrogens with one attached hydrogen (secondary N) is 2. The highest BCUT2D eigenvalue weighted by Crippen LogP contribution is 2.09. The largest absolute Gasteiger partial charge is 0.396 e.